The number of nitrogens with zero attached hydrogens (tertiary/aromatic N) is 1. The van der Waals surface area contributed by atoms with E-state index in [2.05, 4.69) is 15.9 Å². The second-order valence-electron chi connectivity index (χ2n) is 3.95. The number of hydrogen-bond acceptors (Lipinski definition) is 2. The van der Waals surface area contributed by atoms with Crippen molar-refractivity contribution in [2.24, 2.45) is 5.73 Å². The molecule has 3 nitrogen and oxygen atoms in total. The third-order valence-corrected chi connectivity index (χ3v) is 2.91. The van der Waals surface area contributed by atoms with E-state index >= 15 is 0 Å². The second-order valence-corrected chi connectivity index (χ2v) is 4.86. The molecule has 0 saturated carbocycles. The van der Waals surface area contributed by atoms with Crippen molar-refractivity contribution in [3.05, 3.63) is 34.3 Å². The molecule has 88 valence electrons. The standard InChI is InChI=1S/C12H17BrN2O/c1-9(2)15(12(16)7-14)8-10-3-5-11(13)6-4-10/h3-6,9H,7-8,14H2,1-2H3. The van der Waals surface area contributed by atoms with Crippen LogP contribution in [0.2, 0.25) is 0 Å². The Kier molecular flexibility index (Phi) is 4.96. The van der Waals surface area contributed by atoms with Crippen LogP contribution in [0.3, 0.4) is 0 Å². The van der Waals surface area contributed by atoms with Gasteiger partial charge in [0.15, 0.2) is 0 Å². The van der Waals surface area contributed by atoms with Gasteiger partial charge in [0.05, 0.1) is 6.54 Å². The molecule has 1 aromatic carbocycles. The molecule has 0 spiro atoms. The number of rotatable bonds is 4. The Morgan fingerprint density at radius 2 is 1.94 bits per heavy atom. The summed E-state index contributed by atoms with van der Waals surface area (Å²) < 4.78 is 1.04. The molecule has 1 rings (SSSR count). The van der Waals surface area contributed by atoms with Crippen LogP contribution in [0.15, 0.2) is 28.7 Å². The largest absolute Gasteiger partial charge is 0.335 e. The number of halogens is 1. The van der Waals surface area contributed by atoms with Gasteiger partial charge in [0.25, 0.3) is 0 Å². The van der Waals surface area contributed by atoms with E-state index < -0.39 is 0 Å². The lowest BCUT2D eigenvalue weighted by Gasteiger charge is -2.26. The second kappa shape index (κ2) is 6.01. The summed E-state index contributed by atoms with van der Waals surface area (Å²) >= 11 is 3.38. The summed E-state index contributed by atoms with van der Waals surface area (Å²) in [6.45, 7) is 4.66. The molecule has 0 aromatic heterocycles. The topological polar surface area (TPSA) is 46.3 Å². The number of carbonyl (C=O) groups is 1. The lowest BCUT2D eigenvalue weighted by molar-refractivity contribution is -0.132. The fourth-order valence-electron chi connectivity index (χ4n) is 1.46. The van der Waals surface area contributed by atoms with Gasteiger partial charge in [0, 0.05) is 17.1 Å². The summed E-state index contributed by atoms with van der Waals surface area (Å²) in [6.07, 6.45) is 0. The van der Waals surface area contributed by atoms with Gasteiger partial charge in [0.2, 0.25) is 5.91 Å². The van der Waals surface area contributed by atoms with Gasteiger partial charge in [-0.2, -0.15) is 0 Å². The van der Waals surface area contributed by atoms with Crippen LogP contribution in [0.5, 0.6) is 0 Å². The molecule has 4 heteroatoms. The summed E-state index contributed by atoms with van der Waals surface area (Å²) in [5.74, 6) is -0.0158. The minimum atomic E-state index is -0.0158. The highest BCUT2D eigenvalue weighted by Gasteiger charge is 2.15. The molecule has 0 fully saturated rings. The molecule has 0 heterocycles. The number of hydrogen-bond donors (Lipinski definition) is 1. The molecule has 1 aromatic rings. The van der Waals surface area contributed by atoms with Crippen LogP contribution in [0.1, 0.15) is 19.4 Å². The Balaban J connectivity index is 2.75. The van der Waals surface area contributed by atoms with Crippen molar-refractivity contribution >= 4 is 21.8 Å². The van der Waals surface area contributed by atoms with E-state index in [1.807, 2.05) is 38.1 Å². The number of benzene rings is 1. The lowest BCUT2D eigenvalue weighted by atomic mass is 10.2. The Bertz CT molecular complexity index is 349. The average Bonchev–Trinajstić information content (AvgIpc) is 2.27. The third kappa shape index (κ3) is 3.61. The van der Waals surface area contributed by atoms with Crippen LogP contribution in [-0.2, 0) is 11.3 Å². The van der Waals surface area contributed by atoms with Crippen LogP contribution in [0, 0.1) is 0 Å². The van der Waals surface area contributed by atoms with Crippen molar-refractivity contribution in [3.8, 4) is 0 Å². The molecule has 2 N–H and O–H groups in total. The predicted octanol–water partition coefficient (Wildman–Crippen LogP) is 2.14. The van der Waals surface area contributed by atoms with Gasteiger partial charge in [-0.05, 0) is 31.5 Å². The molecule has 16 heavy (non-hydrogen) atoms. The fourth-order valence-corrected chi connectivity index (χ4v) is 1.73. The Labute approximate surface area is 105 Å². The smallest absolute Gasteiger partial charge is 0.236 e. The first kappa shape index (κ1) is 13.2. The summed E-state index contributed by atoms with van der Waals surface area (Å²) in [5, 5.41) is 0. The molecular weight excluding hydrogens is 268 g/mol. The zero-order valence-electron chi connectivity index (χ0n) is 9.61. The fraction of sp³-hybridized carbons (Fsp3) is 0.417. The summed E-state index contributed by atoms with van der Waals surface area (Å²) in [4.78, 5) is 13.4. The molecule has 0 atom stereocenters. The van der Waals surface area contributed by atoms with Crippen molar-refractivity contribution < 1.29 is 4.79 Å². The zero-order chi connectivity index (χ0) is 12.1. The maximum Gasteiger partial charge on any atom is 0.236 e. The highest BCUT2D eigenvalue weighted by molar-refractivity contribution is 9.10. The first-order valence-electron chi connectivity index (χ1n) is 5.28. The van der Waals surface area contributed by atoms with E-state index in [4.69, 9.17) is 5.73 Å². The minimum Gasteiger partial charge on any atom is -0.335 e. The molecule has 0 aliphatic heterocycles. The minimum absolute atomic E-state index is 0.0158. The lowest BCUT2D eigenvalue weighted by Crippen LogP contribution is -2.40. The third-order valence-electron chi connectivity index (χ3n) is 2.38. The van der Waals surface area contributed by atoms with E-state index in [0.29, 0.717) is 6.54 Å². The van der Waals surface area contributed by atoms with Crippen LogP contribution in [0.4, 0.5) is 0 Å². The van der Waals surface area contributed by atoms with Crippen molar-refractivity contribution in [3.63, 3.8) is 0 Å². The first-order chi connectivity index (χ1) is 7.54. The summed E-state index contributed by atoms with van der Waals surface area (Å²) in [7, 11) is 0. The van der Waals surface area contributed by atoms with E-state index in [1.54, 1.807) is 4.90 Å². The van der Waals surface area contributed by atoms with Gasteiger partial charge in [-0.25, -0.2) is 0 Å². The van der Waals surface area contributed by atoms with Crippen LogP contribution in [-0.4, -0.2) is 23.4 Å². The predicted molar refractivity (Wildman–Crippen MR) is 68.9 cm³/mol. The van der Waals surface area contributed by atoms with Gasteiger partial charge in [-0.15, -0.1) is 0 Å². The van der Waals surface area contributed by atoms with Gasteiger partial charge < -0.3 is 10.6 Å². The summed E-state index contributed by atoms with van der Waals surface area (Å²) in [6, 6.07) is 8.12. The van der Waals surface area contributed by atoms with Crippen molar-refractivity contribution in [2.75, 3.05) is 6.54 Å². The van der Waals surface area contributed by atoms with Crippen LogP contribution < -0.4 is 5.73 Å². The van der Waals surface area contributed by atoms with E-state index in [1.165, 1.54) is 0 Å². The molecule has 0 radical (unpaired) electrons. The van der Waals surface area contributed by atoms with Crippen LogP contribution in [0.25, 0.3) is 0 Å². The van der Waals surface area contributed by atoms with E-state index in [9.17, 15) is 4.79 Å². The van der Waals surface area contributed by atoms with Gasteiger partial charge in [-0.1, -0.05) is 28.1 Å². The van der Waals surface area contributed by atoms with Gasteiger partial charge >= 0.3 is 0 Å². The molecule has 0 saturated heterocycles. The molecule has 0 unspecified atom stereocenters. The molecule has 0 aliphatic rings. The highest BCUT2D eigenvalue weighted by Crippen LogP contribution is 2.13. The van der Waals surface area contributed by atoms with Crippen LogP contribution >= 0.6 is 15.9 Å². The molecule has 1 amide bonds. The monoisotopic (exact) mass is 284 g/mol. The number of amides is 1. The Morgan fingerprint density at radius 1 is 1.38 bits per heavy atom. The number of nitrogens with two attached hydrogens (primary N) is 1. The van der Waals surface area contributed by atoms with E-state index in [-0.39, 0.29) is 18.5 Å². The van der Waals surface area contributed by atoms with Crippen molar-refractivity contribution in [1.82, 2.24) is 4.90 Å². The summed E-state index contributed by atoms with van der Waals surface area (Å²) in [5.41, 5.74) is 6.50. The molecular formula is C12H17BrN2O. The Morgan fingerprint density at radius 3 is 2.38 bits per heavy atom. The van der Waals surface area contributed by atoms with Crippen molar-refractivity contribution in [2.45, 2.75) is 26.4 Å². The number of carbonyl (C=O) groups excluding carboxylic acids is 1. The maximum atomic E-state index is 11.6. The normalized spacial score (nSPS) is 10.6. The first-order valence-corrected chi connectivity index (χ1v) is 6.08. The molecule has 0 bridgehead atoms. The molecule has 0 aliphatic carbocycles. The van der Waals surface area contributed by atoms with Crippen molar-refractivity contribution in [1.29, 1.82) is 0 Å². The quantitative estimate of drug-likeness (QED) is 0.921. The van der Waals surface area contributed by atoms with E-state index in [0.717, 1.165) is 10.0 Å². The van der Waals surface area contributed by atoms with Gasteiger partial charge in [-0.3, -0.25) is 4.79 Å². The SMILES string of the molecule is CC(C)N(Cc1ccc(Br)cc1)C(=O)CN. The average molecular weight is 285 g/mol. The Hall–Kier alpha value is -0.870. The zero-order valence-corrected chi connectivity index (χ0v) is 11.2. The highest BCUT2D eigenvalue weighted by atomic mass is 79.9. The van der Waals surface area contributed by atoms with Gasteiger partial charge in [0.1, 0.15) is 0 Å². The maximum absolute atomic E-state index is 11.6.